The second-order valence-corrected chi connectivity index (χ2v) is 7.25. The number of benzene rings is 2. The topological polar surface area (TPSA) is 50.0 Å². The zero-order valence-corrected chi connectivity index (χ0v) is 16.0. The molecule has 0 spiro atoms. The third-order valence-electron chi connectivity index (χ3n) is 5.50. The maximum atomic E-state index is 12.8. The molecule has 1 aromatic heterocycles. The second kappa shape index (κ2) is 7.02. The molecule has 5 heteroatoms. The molecule has 5 nitrogen and oxygen atoms in total. The Labute approximate surface area is 169 Å². The molecule has 29 heavy (non-hydrogen) atoms. The zero-order valence-electron chi connectivity index (χ0n) is 16.0. The van der Waals surface area contributed by atoms with E-state index in [0.29, 0.717) is 0 Å². The van der Waals surface area contributed by atoms with Gasteiger partial charge in [-0.25, -0.2) is 9.98 Å². The lowest BCUT2D eigenvalue weighted by Crippen LogP contribution is -2.31. The Morgan fingerprint density at radius 1 is 1.00 bits per heavy atom. The smallest absolute Gasteiger partial charge is 0.254 e. The average Bonchev–Trinajstić information content (AvgIpc) is 3.32. The molecule has 0 N–H and O–H groups in total. The molecule has 0 fully saturated rings. The molecule has 2 aliphatic rings. The first kappa shape index (κ1) is 17.4. The number of fused-ring (bicyclic) bond motifs is 2. The molecular weight excluding hydrogens is 360 g/mol. The van der Waals surface area contributed by atoms with Crippen molar-refractivity contribution < 1.29 is 4.79 Å². The van der Waals surface area contributed by atoms with Crippen molar-refractivity contribution in [2.75, 3.05) is 7.05 Å². The van der Waals surface area contributed by atoms with Crippen LogP contribution in [0.3, 0.4) is 0 Å². The molecule has 2 unspecified atom stereocenters. The molecule has 2 aromatic carbocycles. The van der Waals surface area contributed by atoms with E-state index >= 15 is 0 Å². The number of rotatable bonds is 3. The first-order chi connectivity index (χ1) is 14.2. The SMILES string of the molecule is CN1C(c2ccccc2)=C(/C=C/C(=O)n2cc3ccccc3c2)C2C=NC=NC21. The molecule has 2 aliphatic heterocycles. The predicted octanol–water partition coefficient (Wildman–Crippen LogP) is 4.25. The van der Waals surface area contributed by atoms with E-state index in [1.807, 2.05) is 74.2 Å². The van der Waals surface area contributed by atoms with Crippen LogP contribution in [0.15, 0.2) is 94.7 Å². The van der Waals surface area contributed by atoms with Gasteiger partial charge in [-0.1, -0.05) is 60.7 Å². The Morgan fingerprint density at radius 2 is 1.69 bits per heavy atom. The monoisotopic (exact) mass is 380 g/mol. The van der Waals surface area contributed by atoms with Gasteiger partial charge in [-0.05, 0) is 21.9 Å². The summed E-state index contributed by atoms with van der Waals surface area (Å²) in [6.07, 6.45) is 10.8. The van der Waals surface area contributed by atoms with Crippen molar-refractivity contribution in [3.63, 3.8) is 0 Å². The number of aromatic nitrogens is 1. The highest BCUT2D eigenvalue weighted by atomic mass is 16.1. The molecule has 0 radical (unpaired) electrons. The number of aliphatic imine (C=N–C) groups is 2. The summed E-state index contributed by atoms with van der Waals surface area (Å²) >= 11 is 0. The van der Waals surface area contributed by atoms with Crippen LogP contribution < -0.4 is 0 Å². The van der Waals surface area contributed by atoms with Crippen molar-refractivity contribution in [1.29, 1.82) is 0 Å². The largest absolute Gasteiger partial charge is 0.351 e. The average molecular weight is 380 g/mol. The molecule has 0 aliphatic carbocycles. The number of nitrogens with zero attached hydrogens (tertiary/aromatic N) is 4. The van der Waals surface area contributed by atoms with Crippen molar-refractivity contribution in [2.45, 2.75) is 6.17 Å². The van der Waals surface area contributed by atoms with Crippen molar-refractivity contribution in [2.24, 2.45) is 15.9 Å². The fourth-order valence-electron chi connectivity index (χ4n) is 4.10. The number of carbonyl (C=O) groups is 1. The molecular formula is C24H20N4O. The number of hydrogen-bond acceptors (Lipinski definition) is 4. The quantitative estimate of drug-likeness (QED) is 0.638. The van der Waals surface area contributed by atoms with Gasteiger partial charge in [0.2, 0.25) is 0 Å². The maximum absolute atomic E-state index is 12.8. The molecule has 3 heterocycles. The fraction of sp³-hybridized carbons (Fsp3) is 0.125. The Balaban J connectivity index is 1.54. The number of carbonyl (C=O) groups excluding carboxylic acids is 1. The molecule has 3 aromatic rings. The van der Waals surface area contributed by atoms with E-state index in [1.165, 1.54) is 0 Å². The van der Waals surface area contributed by atoms with Crippen LogP contribution in [-0.2, 0) is 0 Å². The molecule has 5 rings (SSSR count). The Morgan fingerprint density at radius 3 is 2.41 bits per heavy atom. The first-order valence-electron chi connectivity index (χ1n) is 9.59. The van der Waals surface area contributed by atoms with Crippen molar-refractivity contribution in [3.05, 3.63) is 90.3 Å². The summed E-state index contributed by atoms with van der Waals surface area (Å²) in [5, 5.41) is 2.10. The third kappa shape index (κ3) is 3.01. The molecule has 142 valence electrons. The van der Waals surface area contributed by atoms with Crippen LogP contribution in [0.1, 0.15) is 10.4 Å². The van der Waals surface area contributed by atoms with Crippen LogP contribution in [0.25, 0.3) is 16.5 Å². The van der Waals surface area contributed by atoms with Crippen molar-refractivity contribution >= 4 is 34.9 Å². The van der Waals surface area contributed by atoms with E-state index in [4.69, 9.17) is 0 Å². The Bertz CT molecular complexity index is 1170. The summed E-state index contributed by atoms with van der Waals surface area (Å²) in [5.41, 5.74) is 3.23. The number of hydrogen-bond donors (Lipinski definition) is 0. The van der Waals surface area contributed by atoms with Crippen molar-refractivity contribution in [1.82, 2.24) is 9.47 Å². The van der Waals surface area contributed by atoms with E-state index in [9.17, 15) is 4.79 Å². The lowest BCUT2D eigenvalue weighted by Gasteiger charge is -2.25. The predicted molar refractivity (Wildman–Crippen MR) is 117 cm³/mol. The lowest BCUT2D eigenvalue weighted by atomic mass is 9.96. The standard InChI is InChI=1S/C24H20N4O/c1-27-23(17-7-3-2-4-8-17)20(21-13-25-16-26-24(21)27)11-12-22(29)28-14-18-9-5-6-10-19(18)15-28/h2-16,21,24H,1H3/b12-11+. The summed E-state index contributed by atoms with van der Waals surface area (Å²) in [6, 6.07) is 18.2. The van der Waals surface area contributed by atoms with Crippen LogP contribution in [0, 0.1) is 5.92 Å². The minimum Gasteiger partial charge on any atom is -0.351 e. The van der Waals surface area contributed by atoms with E-state index in [1.54, 1.807) is 17.0 Å². The van der Waals surface area contributed by atoms with Crippen LogP contribution in [0.4, 0.5) is 0 Å². The van der Waals surface area contributed by atoms with Gasteiger partial charge in [0, 0.05) is 37.4 Å². The third-order valence-corrected chi connectivity index (χ3v) is 5.50. The summed E-state index contributed by atoms with van der Waals surface area (Å²) < 4.78 is 1.63. The molecule has 0 saturated heterocycles. The fourth-order valence-corrected chi connectivity index (χ4v) is 4.10. The van der Waals surface area contributed by atoms with Gasteiger partial charge in [0.25, 0.3) is 5.91 Å². The highest BCUT2D eigenvalue weighted by Crippen LogP contribution is 2.39. The van der Waals surface area contributed by atoms with E-state index < -0.39 is 0 Å². The normalized spacial score (nSPS) is 20.8. The second-order valence-electron chi connectivity index (χ2n) is 7.25. The van der Waals surface area contributed by atoms with Gasteiger partial charge in [-0.15, -0.1) is 0 Å². The van der Waals surface area contributed by atoms with E-state index in [-0.39, 0.29) is 18.0 Å². The molecule has 2 atom stereocenters. The highest BCUT2D eigenvalue weighted by molar-refractivity contribution is 5.96. The van der Waals surface area contributed by atoms with Gasteiger partial charge in [-0.3, -0.25) is 9.36 Å². The van der Waals surface area contributed by atoms with Gasteiger partial charge >= 0.3 is 0 Å². The van der Waals surface area contributed by atoms with Crippen LogP contribution in [-0.4, -0.2) is 41.1 Å². The van der Waals surface area contributed by atoms with Gasteiger partial charge < -0.3 is 4.90 Å². The number of allylic oxidation sites excluding steroid dienone is 2. The van der Waals surface area contributed by atoms with Crippen LogP contribution in [0.2, 0.25) is 0 Å². The van der Waals surface area contributed by atoms with E-state index in [0.717, 1.165) is 27.6 Å². The molecule has 0 saturated carbocycles. The Hall–Kier alpha value is -3.73. The summed E-state index contributed by atoms with van der Waals surface area (Å²) in [4.78, 5) is 23.8. The van der Waals surface area contributed by atoms with E-state index in [2.05, 4.69) is 27.0 Å². The first-order valence-corrected chi connectivity index (χ1v) is 9.59. The van der Waals surface area contributed by atoms with Gasteiger partial charge in [0.15, 0.2) is 0 Å². The summed E-state index contributed by atoms with van der Waals surface area (Å²) in [7, 11) is 2.04. The van der Waals surface area contributed by atoms with Crippen LogP contribution in [0.5, 0.6) is 0 Å². The highest BCUT2D eigenvalue weighted by Gasteiger charge is 2.37. The summed E-state index contributed by atoms with van der Waals surface area (Å²) in [5.74, 6) is -0.0588. The summed E-state index contributed by atoms with van der Waals surface area (Å²) in [6.45, 7) is 0. The maximum Gasteiger partial charge on any atom is 0.254 e. The molecule has 0 bridgehead atoms. The zero-order chi connectivity index (χ0) is 19.8. The minimum absolute atomic E-state index is 0.0213. The minimum atomic E-state index is -0.0801. The lowest BCUT2D eigenvalue weighted by molar-refractivity contribution is 0.0969. The van der Waals surface area contributed by atoms with Crippen LogP contribution >= 0.6 is 0 Å². The molecule has 0 amide bonds. The van der Waals surface area contributed by atoms with Crippen molar-refractivity contribution in [3.8, 4) is 0 Å². The Kier molecular flexibility index (Phi) is 4.21. The van der Waals surface area contributed by atoms with Gasteiger partial charge in [0.1, 0.15) is 12.5 Å². The van der Waals surface area contributed by atoms with Gasteiger partial charge in [-0.2, -0.15) is 0 Å². The van der Waals surface area contributed by atoms with Gasteiger partial charge in [0.05, 0.1) is 5.92 Å².